The van der Waals surface area contributed by atoms with Crippen LogP contribution in [0.1, 0.15) is 90.4 Å². The van der Waals surface area contributed by atoms with E-state index < -0.39 is 91.5 Å². The number of carboxylic acid groups (broad SMARTS) is 1. The summed E-state index contributed by atoms with van der Waals surface area (Å²) in [6.07, 6.45) is 2.76. The number of imide groups is 2. The molecule has 24 heteroatoms. The summed E-state index contributed by atoms with van der Waals surface area (Å²) >= 11 is 0. The number of carbonyl (C=O) groups excluding carboxylic acids is 12. The van der Waals surface area contributed by atoms with E-state index >= 15 is 0 Å². The van der Waals surface area contributed by atoms with Gasteiger partial charge in [-0.25, -0.2) is 4.79 Å². The van der Waals surface area contributed by atoms with E-state index in [4.69, 9.17) is 5.11 Å². The lowest BCUT2D eigenvalue weighted by Gasteiger charge is -2.20. The molecule has 0 bridgehead atoms. The molecular weight excluding hydrogens is 796 g/mol. The normalized spacial score (nSPS) is 12.3. The minimum absolute atomic E-state index is 0.0154. The van der Waals surface area contributed by atoms with Crippen molar-refractivity contribution < 1.29 is 67.4 Å². The van der Waals surface area contributed by atoms with Crippen LogP contribution in [0, 0.1) is 0 Å². The molecule has 1 rings (SSSR count). The summed E-state index contributed by atoms with van der Waals surface area (Å²) < 4.78 is 0. The second-order valence-electron chi connectivity index (χ2n) is 13.5. The van der Waals surface area contributed by atoms with Crippen LogP contribution in [0.25, 0.3) is 0 Å². The molecule has 0 aromatic heterocycles. The third-order valence-corrected chi connectivity index (χ3v) is 8.36. The van der Waals surface area contributed by atoms with Gasteiger partial charge in [0.05, 0.1) is 32.7 Å². The summed E-state index contributed by atoms with van der Waals surface area (Å²) in [5, 5.41) is 29.6. The van der Waals surface area contributed by atoms with Gasteiger partial charge >= 0.3 is 12.0 Å². The van der Waals surface area contributed by atoms with Crippen molar-refractivity contribution in [3.8, 4) is 0 Å². The summed E-state index contributed by atoms with van der Waals surface area (Å²) in [4.78, 5) is 156. The molecule has 1 unspecified atom stereocenters. The predicted octanol–water partition coefficient (Wildman–Crippen LogP) is -3.89. The molecule has 1 atom stereocenters. The summed E-state index contributed by atoms with van der Waals surface area (Å²) in [6, 6.07) is -2.02. The summed E-state index contributed by atoms with van der Waals surface area (Å²) in [7, 11) is 0. The lowest BCUT2D eigenvalue weighted by atomic mass is 10.1. The quantitative estimate of drug-likeness (QED) is 0.0244. The highest BCUT2D eigenvalue weighted by Gasteiger charge is 2.29. The highest BCUT2D eigenvalue weighted by atomic mass is 16.4. The second kappa shape index (κ2) is 29.7. The first-order chi connectivity index (χ1) is 28.5. The Kier molecular flexibility index (Phi) is 25.5. The van der Waals surface area contributed by atoms with Crippen molar-refractivity contribution >= 4 is 76.9 Å². The molecule has 0 spiro atoms. The highest BCUT2D eigenvalue weighted by molar-refractivity contribution is 6.02. The maximum atomic E-state index is 13.0. The fraction of sp³-hybridized carbons (Fsp3) is 0.639. The number of nitrogens with one attached hydrogen (secondary N) is 9. The molecule has 1 aliphatic heterocycles. The van der Waals surface area contributed by atoms with E-state index in [2.05, 4.69) is 42.5 Å². The number of hydrogen-bond acceptors (Lipinski definition) is 13. The second-order valence-corrected chi connectivity index (χ2v) is 13.5. The molecule has 0 aromatic rings. The zero-order chi connectivity index (χ0) is 44.9. The Morgan fingerprint density at radius 2 is 1.00 bits per heavy atom. The van der Waals surface area contributed by atoms with Crippen molar-refractivity contribution in [2.75, 3.05) is 52.4 Å². The third kappa shape index (κ3) is 25.7. The number of urea groups is 1. The minimum Gasteiger partial charge on any atom is -0.481 e. The van der Waals surface area contributed by atoms with Crippen LogP contribution in [-0.2, 0) is 57.5 Å². The van der Waals surface area contributed by atoms with E-state index in [-0.39, 0.29) is 95.1 Å². The Bertz CT molecular complexity index is 1570. The average Bonchev–Trinajstić information content (AvgIpc) is 3.51. The molecule has 10 N–H and O–H groups in total. The van der Waals surface area contributed by atoms with Crippen molar-refractivity contribution in [3.05, 3.63) is 0 Å². The van der Waals surface area contributed by atoms with Gasteiger partial charge in [0.15, 0.2) is 0 Å². The number of carbonyl (C=O) groups is 13. The fourth-order valence-corrected chi connectivity index (χ4v) is 5.17. The van der Waals surface area contributed by atoms with Crippen LogP contribution >= 0.6 is 0 Å². The van der Waals surface area contributed by atoms with Crippen LogP contribution in [0.15, 0.2) is 0 Å². The van der Waals surface area contributed by atoms with Crippen molar-refractivity contribution in [2.45, 2.75) is 96.4 Å². The minimum atomic E-state index is -1.15. The molecule has 24 nitrogen and oxygen atoms in total. The number of hydrogen-bond donors (Lipinski definition) is 10. The number of unbranched alkanes of at least 4 members (excludes halogenated alkanes) is 3. The Hall–Kier alpha value is -6.49. The van der Waals surface area contributed by atoms with E-state index in [0.29, 0.717) is 32.1 Å². The maximum Gasteiger partial charge on any atom is 0.321 e. The Labute approximate surface area is 345 Å². The van der Waals surface area contributed by atoms with Crippen LogP contribution in [0.2, 0.25) is 0 Å². The molecule has 1 fully saturated rings. The first kappa shape index (κ1) is 51.5. The molecule has 0 saturated carbocycles. The zero-order valence-corrected chi connectivity index (χ0v) is 33.6. The number of rotatable bonds is 30. The molecule has 1 aliphatic rings. The van der Waals surface area contributed by atoms with Crippen molar-refractivity contribution in [1.29, 1.82) is 0 Å². The topological polar surface area (TPSA) is 354 Å². The first-order valence-electron chi connectivity index (χ1n) is 19.5. The number of aliphatic carboxylic acids is 1. The molecule has 334 valence electrons. The van der Waals surface area contributed by atoms with Gasteiger partial charge < -0.3 is 52.4 Å². The Morgan fingerprint density at radius 3 is 1.52 bits per heavy atom. The van der Waals surface area contributed by atoms with Crippen LogP contribution in [0.5, 0.6) is 0 Å². The molecule has 0 radical (unpaired) electrons. The van der Waals surface area contributed by atoms with E-state index in [1.807, 2.05) is 5.32 Å². The number of nitrogens with zero attached hydrogens (tertiary/aromatic N) is 1. The number of likely N-dealkylation sites (tertiary alicyclic amines) is 1. The maximum absolute atomic E-state index is 13.0. The van der Waals surface area contributed by atoms with Gasteiger partial charge in [-0.2, -0.15) is 0 Å². The summed E-state index contributed by atoms with van der Waals surface area (Å²) in [5.41, 5.74) is 0. The van der Waals surface area contributed by atoms with Gasteiger partial charge in [0.1, 0.15) is 11.8 Å². The predicted molar refractivity (Wildman–Crippen MR) is 207 cm³/mol. The van der Waals surface area contributed by atoms with Gasteiger partial charge in [-0.1, -0.05) is 0 Å². The number of carboxylic acids is 1. The largest absolute Gasteiger partial charge is 0.481 e. The Balaban J connectivity index is 2.47. The molecule has 1 heterocycles. The Morgan fingerprint density at radius 1 is 0.533 bits per heavy atom. The first-order valence-corrected chi connectivity index (χ1v) is 19.5. The molecule has 60 heavy (non-hydrogen) atoms. The fourth-order valence-electron chi connectivity index (χ4n) is 5.17. The van der Waals surface area contributed by atoms with Crippen LogP contribution in [0.4, 0.5) is 4.79 Å². The van der Waals surface area contributed by atoms with Crippen LogP contribution < -0.4 is 47.9 Å². The smallest absolute Gasteiger partial charge is 0.321 e. The lowest BCUT2D eigenvalue weighted by molar-refractivity contribution is -0.139. The van der Waals surface area contributed by atoms with E-state index in [0.717, 1.165) is 4.90 Å². The van der Waals surface area contributed by atoms with Gasteiger partial charge in [-0.3, -0.25) is 63.0 Å². The van der Waals surface area contributed by atoms with Gasteiger partial charge in [-0.05, 0) is 51.9 Å². The number of amides is 12. The van der Waals surface area contributed by atoms with Gasteiger partial charge in [0.25, 0.3) is 0 Å². The van der Waals surface area contributed by atoms with Crippen molar-refractivity contribution in [2.24, 2.45) is 0 Å². The van der Waals surface area contributed by atoms with Gasteiger partial charge in [0.2, 0.25) is 59.1 Å². The zero-order valence-electron chi connectivity index (χ0n) is 33.6. The van der Waals surface area contributed by atoms with Gasteiger partial charge in [-0.15, -0.1) is 0 Å². The summed E-state index contributed by atoms with van der Waals surface area (Å²) in [5.74, 6) is -6.98. The molecule has 0 aromatic carbocycles. The van der Waals surface area contributed by atoms with Crippen LogP contribution in [-0.4, -0.2) is 145 Å². The molecule has 1 saturated heterocycles. The number of Topliss-reactive ketones (excluding diaryl/α,β-unsaturated/α-hetero) is 1. The summed E-state index contributed by atoms with van der Waals surface area (Å²) in [6.45, 7) is -1.19. The molecule has 12 amide bonds. The van der Waals surface area contributed by atoms with E-state index in [1.54, 1.807) is 0 Å². The standard InChI is InChI=1S/C36H56N10O14/c1-23(47)8-2-3-10-25(48)40-19-28(51)43-22-31(54)45-36(60)38-15-7-6-9-24(35(59)37-16-17-46-32(55)13-14-33(46)56)44-30(53)21-42-29(52)20-41-27(50)18-39-26(49)11-4-5-12-34(57)58/h24H,2-22H2,1H3,(H,37,59)(H,39,49)(H,40,48)(H,41,50)(H,42,52)(H,43,51)(H,44,53)(H,57,58)(H2,38,45,54,60). The van der Waals surface area contributed by atoms with Crippen molar-refractivity contribution in [1.82, 2.24) is 52.8 Å². The monoisotopic (exact) mass is 852 g/mol. The molecule has 0 aliphatic carbocycles. The lowest BCUT2D eigenvalue weighted by Crippen LogP contribution is -2.51. The molecular formula is C36H56N10O14. The van der Waals surface area contributed by atoms with Crippen LogP contribution in [0.3, 0.4) is 0 Å². The van der Waals surface area contributed by atoms with Gasteiger partial charge in [0, 0.05) is 58.2 Å². The number of ketones is 1. The highest BCUT2D eigenvalue weighted by Crippen LogP contribution is 2.10. The third-order valence-electron chi connectivity index (χ3n) is 8.36. The van der Waals surface area contributed by atoms with E-state index in [9.17, 15) is 62.3 Å². The SMILES string of the molecule is CC(=O)CCCCC(=O)NCC(=O)NCC(=O)NC(=O)NCCCCC(NC(=O)CNC(=O)CNC(=O)CNC(=O)CCCCC(=O)O)C(=O)NCCN1C(=O)CCC1=O. The van der Waals surface area contributed by atoms with E-state index in [1.165, 1.54) is 6.92 Å². The van der Waals surface area contributed by atoms with Crippen molar-refractivity contribution in [3.63, 3.8) is 0 Å². The average molecular weight is 853 g/mol.